The number of pyridine rings is 2. The number of imide groups is 1. The van der Waals surface area contributed by atoms with Gasteiger partial charge in [-0.25, -0.2) is 9.78 Å². The Labute approximate surface area is 189 Å². The molecule has 4 amide bonds. The van der Waals surface area contributed by atoms with Gasteiger partial charge in [-0.1, -0.05) is 30.3 Å². The van der Waals surface area contributed by atoms with Crippen LogP contribution in [0.25, 0.3) is 22.2 Å². The van der Waals surface area contributed by atoms with Gasteiger partial charge in [0.25, 0.3) is 11.8 Å². The second kappa shape index (κ2) is 7.83. The second-order valence-electron chi connectivity index (χ2n) is 7.88. The summed E-state index contributed by atoms with van der Waals surface area (Å²) < 4.78 is 0. The van der Waals surface area contributed by atoms with Crippen molar-refractivity contribution < 1.29 is 14.4 Å². The fourth-order valence-corrected chi connectivity index (χ4v) is 3.86. The van der Waals surface area contributed by atoms with E-state index in [1.807, 2.05) is 36.4 Å². The first-order chi connectivity index (χ1) is 15.9. The summed E-state index contributed by atoms with van der Waals surface area (Å²) in [6.45, 7) is 1.63. The Morgan fingerprint density at radius 2 is 1.79 bits per heavy atom. The number of rotatable bonds is 4. The number of amides is 4. The van der Waals surface area contributed by atoms with Crippen LogP contribution in [0.3, 0.4) is 0 Å². The van der Waals surface area contributed by atoms with Crippen LogP contribution in [0.1, 0.15) is 22.8 Å². The number of aromatic nitrogens is 2. The molecule has 3 N–H and O–H groups in total. The van der Waals surface area contributed by atoms with Crippen molar-refractivity contribution in [1.29, 1.82) is 0 Å². The van der Waals surface area contributed by atoms with Gasteiger partial charge in [0.2, 0.25) is 0 Å². The molecule has 8 heteroatoms. The van der Waals surface area contributed by atoms with E-state index in [4.69, 9.17) is 0 Å². The number of nitrogens with one attached hydrogen (secondary N) is 3. The number of hydrogen-bond acceptors (Lipinski definition) is 5. The summed E-state index contributed by atoms with van der Waals surface area (Å²) >= 11 is 0. The molecule has 3 heterocycles. The minimum Gasteiger partial charge on any atom is -0.322 e. The van der Waals surface area contributed by atoms with Crippen LogP contribution in [-0.2, 0) is 10.3 Å². The van der Waals surface area contributed by atoms with E-state index in [0.717, 1.165) is 10.9 Å². The summed E-state index contributed by atoms with van der Waals surface area (Å²) in [6, 6.07) is 19.2. The molecule has 0 radical (unpaired) electrons. The Hall–Kier alpha value is -4.59. The van der Waals surface area contributed by atoms with Crippen LogP contribution in [0.4, 0.5) is 10.5 Å². The molecule has 33 heavy (non-hydrogen) atoms. The molecule has 4 aromatic rings. The molecular weight excluding hydrogens is 418 g/mol. The number of urea groups is 1. The van der Waals surface area contributed by atoms with Crippen LogP contribution < -0.4 is 16.0 Å². The van der Waals surface area contributed by atoms with Gasteiger partial charge in [0.05, 0.1) is 16.8 Å². The smallest absolute Gasteiger partial charge is 0.322 e. The number of carbonyl (C=O) groups excluding carboxylic acids is 3. The number of hydrogen-bond donors (Lipinski definition) is 3. The third kappa shape index (κ3) is 3.67. The Balaban J connectivity index is 1.46. The van der Waals surface area contributed by atoms with E-state index >= 15 is 0 Å². The van der Waals surface area contributed by atoms with Gasteiger partial charge in [0.15, 0.2) is 0 Å². The molecule has 1 aliphatic heterocycles. The Morgan fingerprint density at radius 1 is 1.00 bits per heavy atom. The average molecular weight is 437 g/mol. The topological polar surface area (TPSA) is 113 Å². The lowest BCUT2D eigenvalue weighted by Crippen LogP contribution is -2.40. The zero-order valence-electron chi connectivity index (χ0n) is 17.6. The molecular formula is C25H19N5O3. The highest BCUT2D eigenvalue weighted by Crippen LogP contribution is 2.27. The number of para-hydroxylation sites is 1. The van der Waals surface area contributed by atoms with Gasteiger partial charge in [-0.05, 0) is 48.9 Å². The van der Waals surface area contributed by atoms with E-state index in [1.165, 1.54) is 0 Å². The lowest BCUT2D eigenvalue weighted by Gasteiger charge is -2.21. The van der Waals surface area contributed by atoms with Gasteiger partial charge < -0.3 is 10.6 Å². The monoisotopic (exact) mass is 437 g/mol. The summed E-state index contributed by atoms with van der Waals surface area (Å²) in [5.41, 5.74) is 2.66. The second-order valence-corrected chi connectivity index (χ2v) is 7.88. The van der Waals surface area contributed by atoms with Gasteiger partial charge in [-0.2, -0.15) is 0 Å². The van der Waals surface area contributed by atoms with Crippen LogP contribution in [0.2, 0.25) is 0 Å². The van der Waals surface area contributed by atoms with E-state index in [1.54, 1.807) is 49.6 Å². The summed E-state index contributed by atoms with van der Waals surface area (Å²) in [6.07, 6.45) is 3.39. The maximum atomic E-state index is 13.2. The first-order valence-electron chi connectivity index (χ1n) is 10.3. The van der Waals surface area contributed by atoms with E-state index in [2.05, 4.69) is 25.9 Å². The van der Waals surface area contributed by atoms with Crippen LogP contribution >= 0.6 is 0 Å². The largest absolute Gasteiger partial charge is 0.322 e. The number of benzene rings is 2. The van der Waals surface area contributed by atoms with Crippen molar-refractivity contribution in [2.75, 3.05) is 5.32 Å². The standard InChI is InChI=1S/C25H19N5O3/c1-25(23(32)29-24(33)30-25)16-8-10-17(11-9-16)27-22(31)19-13-21(15-5-4-12-26-14-15)28-20-7-3-2-6-18(19)20/h2-14H,1H3,(H,27,31)(H2,29,30,32,33). The van der Waals surface area contributed by atoms with Crippen molar-refractivity contribution in [2.45, 2.75) is 12.5 Å². The molecule has 1 aliphatic rings. The molecule has 0 saturated carbocycles. The number of anilines is 1. The molecule has 1 unspecified atom stereocenters. The SMILES string of the molecule is CC1(c2ccc(NC(=O)c3cc(-c4cccnc4)nc4ccccc34)cc2)NC(=O)NC1=O. The first kappa shape index (κ1) is 20.3. The van der Waals surface area contributed by atoms with Crippen molar-refractivity contribution >= 4 is 34.4 Å². The summed E-state index contributed by atoms with van der Waals surface area (Å²) in [5, 5.41) is 8.51. The van der Waals surface area contributed by atoms with Crippen molar-refractivity contribution in [3.05, 3.63) is 90.3 Å². The highest BCUT2D eigenvalue weighted by atomic mass is 16.2. The zero-order valence-corrected chi connectivity index (χ0v) is 17.6. The normalized spacial score (nSPS) is 17.5. The Kier molecular flexibility index (Phi) is 4.82. The minimum absolute atomic E-state index is 0.287. The van der Waals surface area contributed by atoms with Crippen LogP contribution in [0, 0.1) is 0 Å². The van der Waals surface area contributed by atoms with Gasteiger partial charge in [-0.15, -0.1) is 0 Å². The van der Waals surface area contributed by atoms with Gasteiger partial charge >= 0.3 is 6.03 Å². The van der Waals surface area contributed by atoms with Crippen molar-refractivity contribution in [3.8, 4) is 11.3 Å². The lowest BCUT2D eigenvalue weighted by molar-refractivity contribution is -0.123. The van der Waals surface area contributed by atoms with E-state index < -0.39 is 17.5 Å². The van der Waals surface area contributed by atoms with Crippen molar-refractivity contribution in [2.24, 2.45) is 0 Å². The predicted octanol–water partition coefficient (Wildman–Crippen LogP) is 3.60. The van der Waals surface area contributed by atoms with Gasteiger partial charge in [-0.3, -0.25) is 19.9 Å². The molecule has 8 nitrogen and oxygen atoms in total. The molecule has 0 aliphatic carbocycles. The molecule has 1 saturated heterocycles. The van der Waals surface area contributed by atoms with E-state index in [-0.39, 0.29) is 5.91 Å². The van der Waals surface area contributed by atoms with Crippen LogP contribution in [0.5, 0.6) is 0 Å². The van der Waals surface area contributed by atoms with Crippen LogP contribution in [0.15, 0.2) is 79.1 Å². The minimum atomic E-state index is -1.15. The maximum absolute atomic E-state index is 13.2. The maximum Gasteiger partial charge on any atom is 0.322 e. The van der Waals surface area contributed by atoms with Crippen molar-refractivity contribution in [3.63, 3.8) is 0 Å². The summed E-state index contributed by atoms with van der Waals surface area (Å²) in [4.78, 5) is 45.8. The predicted molar refractivity (Wildman–Crippen MR) is 123 cm³/mol. The number of fused-ring (bicyclic) bond motifs is 1. The zero-order chi connectivity index (χ0) is 23.0. The first-order valence-corrected chi connectivity index (χ1v) is 10.3. The number of nitrogens with zero attached hydrogens (tertiary/aromatic N) is 2. The lowest BCUT2D eigenvalue weighted by atomic mass is 9.92. The third-order valence-electron chi connectivity index (χ3n) is 5.68. The van der Waals surface area contributed by atoms with E-state index in [9.17, 15) is 14.4 Å². The molecule has 2 aromatic carbocycles. The van der Waals surface area contributed by atoms with Gasteiger partial charge in [0.1, 0.15) is 5.54 Å². The quantitative estimate of drug-likeness (QED) is 0.422. The molecule has 1 atom stereocenters. The molecule has 1 fully saturated rings. The third-order valence-corrected chi connectivity index (χ3v) is 5.68. The average Bonchev–Trinajstić information content (AvgIpc) is 3.11. The van der Waals surface area contributed by atoms with E-state index in [0.29, 0.717) is 28.0 Å². The van der Waals surface area contributed by atoms with Gasteiger partial charge in [0, 0.05) is 29.0 Å². The van der Waals surface area contributed by atoms with Crippen molar-refractivity contribution in [1.82, 2.24) is 20.6 Å². The molecule has 0 spiro atoms. The van der Waals surface area contributed by atoms with Crippen LogP contribution in [-0.4, -0.2) is 27.8 Å². The number of carbonyl (C=O) groups is 3. The summed E-state index contributed by atoms with van der Waals surface area (Å²) in [7, 11) is 0. The highest BCUT2D eigenvalue weighted by molar-refractivity contribution is 6.13. The Bertz CT molecular complexity index is 1400. The fraction of sp³-hybridized carbons (Fsp3) is 0.0800. The molecule has 2 aromatic heterocycles. The molecule has 162 valence electrons. The fourth-order valence-electron chi connectivity index (χ4n) is 3.86. The highest BCUT2D eigenvalue weighted by Gasteiger charge is 2.43. The Morgan fingerprint density at radius 3 is 2.48 bits per heavy atom. The summed E-state index contributed by atoms with van der Waals surface area (Å²) in [5.74, 6) is -0.708. The molecule has 5 rings (SSSR count). The molecule has 0 bridgehead atoms.